The molecule has 1 heterocycles. The van der Waals surface area contributed by atoms with Crippen molar-refractivity contribution in [3.63, 3.8) is 0 Å². The molecule has 1 fully saturated rings. The second-order valence-corrected chi connectivity index (χ2v) is 3.14. The third kappa shape index (κ3) is 1.96. The summed E-state index contributed by atoms with van der Waals surface area (Å²) in [6, 6.07) is 0. The molecule has 1 rings (SSSR count). The maximum absolute atomic E-state index is 8.83. The Hall–Kier alpha value is -0.0800. The van der Waals surface area contributed by atoms with Gasteiger partial charge in [-0.25, -0.2) is 0 Å². The number of aliphatic hydroxyl groups is 1. The minimum Gasteiger partial charge on any atom is -0.396 e. The quantitative estimate of drug-likeness (QED) is 0.627. The van der Waals surface area contributed by atoms with Crippen LogP contribution < -0.4 is 0 Å². The van der Waals surface area contributed by atoms with Crippen LogP contribution in [0.3, 0.4) is 0 Å². The van der Waals surface area contributed by atoms with Crippen LogP contribution in [0.15, 0.2) is 0 Å². The summed E-state index contributed by atoms with van der Waals surface area (Å²) in [7, 11) is 0. The first-order chi connectivity index (χ1) is 4.84. The second-order valence-electron chi connectivity index (χ2n) is 3.14. The molecule has 1 saturated heterocycles. The van der Waals surface area contributed by atoms with Gasteiger partial charge in [0, 0.05) is 19.8 Å². The number of hydrogen-bond acceptors (Lipinski definition) is 2. The van der Waals surface area contributed by atoms with Gasteiger partial charge < -0.3 is 9.84 Å². The fourth-order valence-corrected chi connectivity index (χ4v) is 1.36. The van der Waals surface area contributed by atoms with Crippen molar-refractivity contribution >= 4 is 0 Å². The lowest BCUT2D eigenvalue weighted by molar-refractivity contribution is 0.0212. The topological polar surface area (TPSA) is 29.5 Å². The minimum atomic E-state index is 0.300. The molecule has 0 aromatic carbocycles. The molecule has 1 aliphatic rings. The van der Waals surface area contributed by atoms with Crippen LogP contribution in [0.1, 0.15) is 19.8 Å². The number of rotatable bonds is 2. The largest absolute Gasteiger partial charge is 0.396 e. The number of hydrogen-bond donors (Lipinski definition) is 1. The first-order valence-corrected chi connectivity index (χ1v) is 4.03. The average molecular weight is 144 g/mol. The van der Waals surface area contributed by atoms with Crippen LogP contribution in [-0.4, -0.2) is 24.9 Å². The predicted octanol–water partition coefficient (Wildman–Crippen LogP) is 1.04. The summed E-state index contributed by atoms with van der Waals surface area (Å²) in [6.45, 7) is 4.14. The van der Waals surface area contributed by atoms with Crippen LogP contribution in [0, 0.1) is 11.8 Å². The standard InChI is InChI=1S/C8H16O2/c1-7(5-9)8-3-2-4-10-6-8/h7-9H,2-6H2,1H3. The smallest absolute Gasteiger partial charge is 0.0497 e. The first-order valence-electron chi connectivity index (χ1n) is 4.03. The molecule has 0 aromatic heterocycles. The van der Waals surface area contributed by atoms with E-state index in [2.05, 4.69) is 6.92 Å². The Balaban J connectivity index is 2.24. The van der Waals surface area contributed by atoms with Crippen LogP contribution in [-0.2, 0) is 4.74 Å². The highest BCUT2D eigenvalue weighted by atomic mass is 16.5. The molecule has 60 valence electrons. The summed E-state index contributed by atoms with van der Waals surface area (Å²) in [5, 5.41) is 8.83. The van der Waals surface area contributed by atoms with Gasteiger partial charge in [0.15, 0.2) is 0 Å². The molecule has 2 unspecified atom stereocenters. The van der Waals surface area contributed by atoms with Gasteiger partial charge in [-0.05, 0) is 24.7 Å². The highest BCUT2D eigenvalue weighted by Gasteiger charge is 2.19. The summed E-state index contributed by atoms with van der Waals surface area (Å²) >= 11 is 0. The fourth-order valence-electron chi connectivity index (χ4n) is 1.36. The third-order valence-corrected chi connectivity index (χ3v) is 2.29. The van der Waals surface area contributed by atoms with Crippen LogP contribution in [0.2, 0.25) is 0 Å². The predicted molar refractivity (Wildman–Crippen MR) is 39.8 cm³/mol. The van der Waals surface area contributed by atoms with E-state index in [1.807, 2.05) is 0 Å². The Morgan fingerprint density at radius 1 is 1.70 bits per heavy atom. The van der Waals surface area contributed by atoms with E-state index in [0.29, 0.717) is 18.4 Å². The van der Waals surface area contributed by atoms with E-state index < -0.39 is 0 Å². The average Bonchev–Trinajstić information content (AvgIpc) is 2.05. The Kier molecular flexibility index (Phi) is 3.16. The highest BCUT2D eigenvalue weighted by molar-refractivity contribution is 4.68. The van der Waals surface area contributed by atoms with E-state index in [1.54, 1.807) is 0 Å². The molecule has 1 N–H and O–H groups in total. The molecule has 0 bridgehead atoms. The molecule has 0 amide bonds. The minimum absolute atomic E-state index is 0.300. The molecule has 0 aromatic rings. The van der Waals surface area contributed by atoms with Crippen LogP contribution in [0.4, 0.5) is 0 Å². The van der Waals surface area contributed by atoms with Crippen LogP contribution in [0.5, 0.6) is 0 Å². The number of aliphatic hydroxyl groups excluding tert-OH is 1. The molecule has 0 saturated carbocycles. The van der Waals surface area contributed by atoms with Gasteiger partial charge in [0.05, 0.1) is 0 Å². The Morgan fingerprint density at radius 3 is 3.00 bits per heavy atom. The van der Waals surface area contributed by atoms with Gasteiger partial charge >= 0.3 is 0 Å². The molecular weight excluding hydrogens is 128 g/mol. The summed E-state index contributed by atoms with van der Waals surface area (Å²) in [5.74, 6) is 1.01. The zero-order chi connectivity index (χ0) is 7.40. The SMILES string of the molecule is CC(CO)C1CCCOC1. The van der Waals surface area contributed by atoms with Crippen molar-refractivity contribution in [1.82, 2.24) is 0 Å². The Morgan fingerprint density at radius 2 is 2.50 bits per heavy atom. The normalized spacial score (nSPS) is 30.0. The van der Waals surface area contributed by atoms with Crippen LogP contribution in [0.25, 0.3) is 0 Å². The molecule has 2 nitrogen and oxygen atoms in total. The van der Waals surface area contributed by atoms with Crippen molar-refractivity contribution in [2.45, 2.75) is 19.8 Å². The highest BCUT2D eigenvalue weighted by Crippen LogP contribution is 2.21. The van der Waals surface area contributed by atoms with Gasteiger partial charge in [-0.2, -0.15) is 0 Å². The lowest BCUT2D eigenvalue weighted by atomic mass is 9.90. The van der Waals surface area contributed by atoms with Crippen LogP contribution >= 0.6 is 0 Å². The van der Waals surface area contributed by atoms with Crippen molar-refractivity contribution in [1.29, 1.82) is 0 Å². The maximum Gasteiger partial charge on any atom is 0.0497 e. The second kappa shape index (κ2) is 3.94. The Labute approximate surface area is 62.2 Å². The van der Waals surface area contributed by atoms with Crippen molar-refractivity contribution in [3.05, 3.63) is 0 Å². The Bertz CT molecular complexity index is 87.3. The van der Waals surface area contributed by atoms with Gasteiger partial charge in [0.25, 0.3) is 0 Å². The third-order valence-electron chi connectivity index (χ3n) is 2.29. The van der Waals surface area contributed by atoms with Crippen molar-refractivity contribution in [2.24, 2.45) is 11.8 Å². The molecule has 0 radical (unpaired) electrons. The van der Waals surface area contributed by atoms with Gasteiger partial charge in [-0.15, -0.1) is 0 Å². The van der Waals surface area contributed by atoms with E-state index in [0.717, 1.165) is 19.6 Å². The molecular formula is C8H16O2. The van der Waals surface area contributed by atoms with Crippen molar-refractivity contribution in [2.75, 3.05) is 19.8 Å². The van der Waals surface area contributed by atoms with Crippen molar-refractivity contribution in [3.8, 4) is 0 Å². The van der Waals surface area contributed by atoms with Gasteiger partial charge in [-0.3, -0.25) is 0 Å². The maximum atomic E-state index is 8.83. The summed E-state index contributed by atoms with van der Waals surface area (Å²) in [4.78, 5) is 0. The number of ether oxygens (including phenoxy) is 1. The van der Waals surface area contributed by atoms with Gasteiger partial charge in [0.1, 0.15) is 0 Å². The van der Waals surface area contributed by atoms with Crippen molar-refractivity contribution < 1.29 is 9.84 Å². The molecule has 2 atom stereocenters. The van der Waals surface area contributed by atoms with Gasteiger partial charge in [-0.1, -0.05) is 6.92 Å². The van der Waals surface area contributed by atoms with E-state index in [1.165, 1.54) is 6.42 Å². The molecule has 0 aliphatic carbocycles. The van der Waals surface area contributed by atoms with E-state index in [4.69, 9.17) is 9.84 Å². The lowest BCUT2D eigenvalue weighted by Crippen LogP contribution is -2.25. The van der Waals surface area contributed by atoms with Gasteiger partial charge in [0.2, 0.25) is 0 Å². The zero-order valence-corrected chi connectivity index (χ0v) is 6.55. The molecule has 0 spiro atoms. The summed E-state index contributed by atoms with van der Waals surface area (Å²) < 4.78 is 5.29. The summed E-state index contributed by atoms with van der Waals surface area (Å²) in [5.41, 5.74) is 0. The molecule has 10 heavy (non-hydrogen) atoms. The fraction of sp³-hybridized carbons (Fsp3) is 1.00. The van der Waals surface area contributed by atoms with E-state index in [-0.39, 0.29) is 0 Å². The molecule has 2 heteroatoms. The molecule has 1 aliphatic heterocycles. The van der Waals surface area contributed by atoms with E-state index >= 15 is 0 Å². The first kappa shape index (κ1) is 8.02. The lowest BCUT2D eigenvalue weighted by Gasteiger charge is -2.26. The summed E-state index contributed by atoms with van der Waals surface area (Å²) in [6.07, 6.45) is 2.39. The monoisotopic (exact) mass is 144 g/mol. The van der Waals surface area contributed by atoms with E-state index in [9.17, 15) is 0 Å². The zero-order valence-electron chi connectivity index (χ0n) is 6.55.